The van der Waals surface area contributed by atoms with Crippen molar-refractivity contribution in [2.24, 2.45) is 0 Å². The Morgan fingerprint density at radius 2 is 2.18 bits per heavy atom. The second-order valence-electron chi connectivity index (χ2n) is 8.71. The lowest BCUT2D eigenvalue weighted by atomic mass is 10.1. The van der Waals surface area contributed by atoms with Gasteiger partial charge in [0.25, 0.3) is 0 Å². The Morgan fingerprint density at radius 3 is 2.97 bits per heavy atom. The second kappa shape index (κ2) is 8.91. The van der Waals surface area contributed by atoms with Crippen LogP contribution < -0.4 is 20.7 Å². The summed E-state index contributed by atoms with van der Waals surface area (Å²) < 4.78 is 5.44. The Balaban J connectivity index is 1.31. The number of urea groups is 1. The topological polar surface area (TPSA) is 139 Å². The van der Waals surface area contributed by atoms with E-state index in [2.05, 4.69) is 25.8 Å². The van der Waals surface area contributed by atoms with E-state index < -0.39 is 18.8 Å². The molecular formula is C22H28N6O5. The number of carbonyl (C=O) groups is 2. The van der Waals surface area contributed by atoms with E-state index in [0.717, 1.165) is 38.0 Å². The number of amides is 3. The number of fused-ring (bicyclic) bond motifs is 3. The van der Waals surface area contributed by atoms with Gasteiger partial charge in [0.05, 0.1) is 18.3 Å². The Kier molecular flexibility index (Phi) is 5.81. The quantitative estimate of drug-likeness (QED) is 0.377. The second-order valence-corrected chi connectivity index (χ2v) is 8.71. The molecule has 1 aromatic rings. The summed E-state index contributed by atoms with van der Waals surface area (Å²) in [5.74, 6) is 1.24. The van der Waals surface area contributed by atoms with Crippen molar-refractivity contribution in [1.82, 2.24) is 25.4 Å². The SMILES string of the molecule is O=C(NC1CC1)C1C=CC2=C(N1)N(C(=O)Nc1cc(OC[C@H](O)CO)ccn1)C1CCN2C1. The van der Waals surface area contributed by atoms with Crippen molar-refractivity contribution in [1.29, 1.82) is 0 Å². The predicted octanol–water partition coefficient (Wildman–Crippen LogP) is -0.289. The monoisotopic (exact) mass is 456 g/mol. The van der Waals surface area contributed by atoms with Gasteiger partial charge in [0.1, 0.15) is 36.1 Å². The average molecular weight is 457 g/mol. The van der Waals surface area contributed by atoms with E-state index in [1.165, 1.54) is 6.20 Å². The molecule has 2 unspecified atom stereocenters. The normalized spacial score (nSPS) is 24.2. The van der Waals surface area contributed by atoms with E-state index >= 15 is 0 Å². The molecule has 2 bridgehead atoms. The first kappa shape index (κ1) is 21.5. The van der Waals surface area contributed by atoms with Crippen LogP contribution in [-0.2, 0) is 4.79 Å². The number of aliphatic hydroxyl groups is 2. The fourth-order valence-electron chi connectivity index (χ4n) is 4.26. The van der Waals surface area contributed by atoms with Crippen molar-refractivity contribution in [3.05, 3.63) is 42.0 Å². The predicted molar refractivity (Wildman–Crippen MR) is 118 cm³/mol. The first-order chi connectivity index (χ1) is 16.0. The van der Waals surface area contributed by atoms with E-state index in [-0.39, 0.29) is 30.6 Å². The number of hydrogen-bond donors (Lipinski definition) is 5. The zero-order valence-corrected chi connectivity index (χ0v) is 18.1. The molecule has 3 amide bonds. The number of nitrogens with zero attached hydrogens (tertiary/aromatic N) is 3. The fourth-order valence-corrected chi connectivity index (χ4v) is 4.26. The maximum Gasteiger partial charge on any atom is 0.328 e. The van der Waals surface area contributed by atoms with Gasteiger partial charge in [-0.2, -0.15) is 0 Å². The molecule has 5 N–H and O–H groups in total. The molecule has 5 rings (SSSR count). The number of rotatable bonds is 7. The van der Waals surface area contributed by atoms with Crippen LogP contribution in [0.2, 0.25) is 0 Å². The van der Waals surface area contributed by atoms with Gasteiger partial charge in [-0.3, -0.25) is 15.0 Å². The summed E-state index contributed by atoms with van der Waals surface area (Å²) in [4.78, 5) is 34.0. The highest BCUT2D eigenvalue weighted by atomic mass is 16.5. The van der Waals surface area contributed by atoms with Crippen molar-refractivity contribution in [3.63, 3.8) is 0 Å². The van der Waals surface area contributed by atoms with Gasteiger partial charge in [0, 0.05) is 31.4 Å². The molecule has 1 saturated carbocycles. The number of carbonyl (C=O) groups excluding carboxylic acids is 2. The number of allylic oxidation sites excluding steroid dienone is 1. The first-order valence-electron chi connectivity index (χ1n) is 11.2. The van der Waals surface area contributed by atoms with Gasteiger partial charge < -0.3 is 30.5 Å². The third kappa shape index (κ3) is 4.60. The molecular weight excluding hydrogens is 428 g/mol. The third-order valence-corrected chi connectivity index (χ3v) is 6.14. The van der Waals surface area contributed by atoms with Crippen molar-refractivity contribution in [3.8, 4) is 5.75 Å². The minimum absolute atomic E-state index is 0.0194. The standard InChI is InChI=1S/C22H28N6O5/c29-11-15(30)12-33-16-5-7-23-19(9-16)26-22(32)28-14-6-8-27(10-14)18-4-3-17(25-20(18)28)21(31)24-13-1-2-13/h3-5,7,9,13-15,17,25,29-30H,1-2,6,8,10-12H2,(H,24,31)(H,23,26,32)/t14?,15-,17?/m1/s1. The first-order valence-corrected chi connectivity index (χ1v) is 11.2. The minimum atomic E-state index is -0.990. The molecule has 0 radical (unpaired) electrons. The molecule has 3 aliphatic heterocycles. The van der Waals surface area contributed by atoms with Crippen molar-refractivity contribution >= 4 is 17.8 Å². The largest absolute Gasteiger partial charge is 0.491 e. The molecule has 1 aliphatic carbocycles. The van der Waals surface area contributed by atoms with Crippen molar-refractivity contribution in [2.45, 2.75) is 43.5 Å². The number of ether oxygens (including phenoxy) is 1. The van der Waals surface area contributed by atoms with Crippen LogP contribution in [0.15, 0.2) is 42.0 Å². The zero-order valence-electron chi connectivity index (χ0n) is 18.1. The van der Waals surface area contributed by atoms with E-state index in [9.17, 15) is 14.7 Å². The maximum absolute atomic E-state index is 13.3. The summed E-state index contributed by atoms with van der Waals surface area (Å²) in [6.07, 6.45) is 7.11. The van der Waals surface area contributed by atoms with E-state index in [4.69, 9.17) is 9.84 Å². The number of pyridine rings is 1. The van der Waals surface area contributed by atoms with E-state index in [1.807, 2.05) is 12.2 Å². The number of hydrogen-bond acceptors (Lipinski definition) is 8. The summed E-state index contributed by atoms with van der Waals surface area (Å²) in [7, 11) is 0. The average Bonchev–Trinajstić information content (AvgIpc) is 3.55. The Morgan fingerprint density at radius 1 is 1.33 bits per heavy atom. The Bertz CT molecular complexity index is 993. The molecule has 176 valence electrons. The van der Waals surface area contributed by atoms with Crippen LogP contribution in [0.5, 0.6) is 5.75 Å². The Hall–Kier alpha value is -3.31. The van der Waals surface area contributed by atoms with Crippen LogP contribution in [0.4, 0.5) is 10.6 Å². The van der Waals surface area contributed by atoms with Gasteiger partial charge in [-0.05, 0) is 31.4 Å². The highest BCUT2D eigenvalue weighted by molar-refractivity contribution is 5.91. The summed E-state index contributed by atoms with van der Waals surface area (Å²) in [6.45, 7) is 1.09. The van der Waals surface area contributed by atoms with Crippen molar-refractivity contribution in [2.75, 3.05) is 31.6 Å². The van der Waals surface area contributed by atoms with E-state index in [0.29, 0.717) is 17.4 Å². The van der Waals surface area contributed by atoms with Gasteiger partial charge in [0.2, 0.25) is 5.91 Å². The molecule has 0 aromatic carbocycles. The highest BCUT2D eigenvalue weighted by Gasteiger charge is 2.43. The van der Waals surface area contributed by atoms with Gasteiger partial charge in [-0.15, -0.1) is 0 Å². The van der Waals surface area contributed by atoms with Crippen LogP contribution >= 0.6 is 0 Å². The number of aromatic nitrogens is 1. The molecule has 4 aliphatic rings. The van der Waals surface area contributed by atoms with Gasteiger partial charge >= 0.3 is 6.03 Å². The molecule has 11 heteroatoms. The molecule has 1 saturated heterocycles. The zero-order chi connectivity index (χ0) is 22.9. The maximum atomic E-state index is 13.3. The lowest BCUT2D eigenvalue weighted by Gasteiger charge is -2.40. The summed E-state index contributed by atoms with van der Waals surface area (Å²) in [5.41, 5.74) is 0.900. The molecule has 1 aromatic heterocycles. The minimum Gasteiger partial charge on any atom is -0.491 e. The van der Waals surface area contributed by atoms with Gasteiger partial charge in [-0.25, -0.2) is 9.78 Å². The molecule has 0 spiro atoms. The smallest absolute Gasteiger partial charge is 0.328 e. The molecule has 2 fully saturated rings. The Labute approximate surface area is 191 Å². The molecule has 4 heterocycles. The third-order valence-electron chi connectivity index (χ3n) is 6.14. The number of nitrogens with one attached hydrogen (secondary N) is 3. The van der Waals surface area contributed by atoms with Crippen LogP contribution in [0.1, 0.15) is 19.3 Å². The number of anilines is 1. The molecule has 33 heavy (non-hydrogen) atoms. The van der Waals surface area contributed by atoms with Gasteiger partial charge in [-0.1, -0.05) is 6.08 Å². The molecule has 11 nitrogen and oxygen atoms in total. The highest BCUT2D eigenvalue weighted by Crippen LogP contribution is 2.33. The van der Waals surface area contributed by atoms with Crippen LogP contribution in [0.25, 0.3) is 0 Å². The molecule has 3 atom stereocenters. The summed E-state index contributed by atoms with van der Waals surface area (Å²) in [5, 5.41) is 27.5. The van der Waals surface area contributed by atoms with Crippen LogP contribution in [0.3, 0.4) is 0 Å². The lowest BCUT2D eigenvalue weighted by molar-refractivity contribution is -0.122. The van der Waals surface area contributed by atoms with Crippen molar-refractivity contribution < 1.29 is 24.5 Å². The van der Waals surface area contributed by atoms with Crippen LogP contribution in [-0.4, -0.2) is 87.5 Å². The van der Waals surface area contributed by atoms with Gasteiger partial charge in [0.15, 0.2) is 0 Å². The lowest BCUT2D eigenvalue weighted by Crippen LogP contribution is -2.56. The fraction of sp³-hybridized carbons (Fsp3) is 0.500. The van der Waals surface area contributed by atoms with E-state index in [1.54, 1.807) is 17.0 Å². The van der Waals surface area contributed by atoms with Crippen LogP contribution in [0, 0.1) is 0 Å². The summed E-state index contributed by atoms with van der Waals surface area (Å²) in [6, 6.07) is 2.51. The number of aliphatic hydroxyl groups excluding tert-OH is 2. The summed E-state index contributed by atoms with van der Waals surface area (Å²) >= 11 is 0. The number of dihydropyridines is 1.